The van der Waals surface area contributed by atoms with Crippen molar-refractivity contribution in [1.29, 1.82) is 0 Å². The van der Waals surface area contributed by atoms with Crippen molar-refractivity contribution in [3.05, 3.63) is 28.3 Å². The Morgan fingerprint density at radius 3 is 2.86 bits per heavy atom. The molecular formula is C15H16N2O4S. The minimum absolute atomic E-state index is 0.202. The fourth-order valence-electron chi connectivity index (χ4n) is 2.55. The molecule has 0 bridgehead atoms. The van der Waals surface area contributed by atoms with Gasteiger partial charge in [-0.05, 0) is 26.3 Å². The Morgan fingerprint density at radius 1 is 1.50 bits per heavy atom. The molecule has 0 radical (unpaired) electrons. The number of hydrogen-bond acceptors (Lipinski definition) is 5. The fraction of sp³-hybridized carbons (Fsp3) is 0.400. The van der Waals surface area contributed by atoms with Gasteiger partial charge < -0.3 is 14.4 Å². The first-order valence-corrected chi connectivity index (χ1v) is 7.81. The largest absolute Gasteiger partial charge is 0.481 e. The summed E-state index contributed by atoms with van der Waals surface area (Å²) >= 11 is 1.51. The van der Waals surface area contributed by atoms with Gasteiger partial charge in [0.2, 0.25) is 0 Å². The maximum Gasteiger partial charge on any atom is 0.311 e. The number of aliphatic carboxylic acids is 1. The highest BCUT2D eigenvalue weighted by Crippen LogP contribution is 2.32. The quantitative estimate of drug-likeness (QED) is 0.940. The number of amides is 1. The standard InChI is InChI=1S/C15H16N2O4S/c1-9-16-11(7-22-9)12-5-10(6-21-12)13(18)17-4-3-15(2,8-17)14(19)20/h5-7H,3-4,8H2,1-2H3,(H,19,20)/t15-/m0/s1. The molecule has 3 heterocycles. The van der Waals surface area contributed by atoms with E-state index in [9.17, 15) is 14.7 Å². The Bertz CT molecular complexity index is 735. The molecule has 0 spiro atoms. The van der Waals surface area contributed by atoms with Crippen LogP contribution in [0.1, 0.15) is 28.7 Å². The van der Waals surface area contributed by atoms with Crippen LogP contribution in [0, 0.1) is 12.3 Å². The van der Waals surface area contributed by atoms with Crippen LogP contribution in [0.25, 0.3) is 11.5 Å². The second kappa shape index (κ2) is 5.24. The second-order valence-corrected chi connectivity index (χ2v) is 6.86. The molecule has 1 amide bonds. The summed E-state index contributed by atoms with van der Waals surface area (Å²) in [4.78, 5) is 29.6. The van der Waals surface area contributed by atoms with Crippen molar-refractivity contribution in [3.63, 3.8) is 0 Å². The van der Waals surface area contributed by atoms with E-state index in [0.29, 0.717) is 30.0 Å². The molecule has 6 nitrogen and oxygen atoms in total. The molecule has 0 unspecified atom stereocenters. The molecule has 1 saturated heterocycles. The number of nitrogens with zero attached hydrogens (tertiary/aromatic N) is 2. The van der Waals surface area contributed by atoms with E-state index in [0.717, 1.165) is 5.01 Å². The smallest absolute Gasteiger partial charge is 0.311 e. The van der Waals surface area contributed by atoms with Crippen molar-refractivity contribution in [2.75, 3.05) is 13.1 Å². The van der Waals surface area contributed by atoms with Gasteiger partial charge in [-0.3, -0.25) is 9.59 Å². The molecule has 116 valence electrons. The molecular weight excluding hydrogens is 304 g/mol. The van der Waals surface area contributed by atoms with Crippen LogP contribution in [0.3, 0.4) is 0 Å². The zero-order valence-corrected chi connectivity index (χ0v) is 13.1. The lowest BCUT2D eigenvalue weighted by Crippen LogP contribution is -2.34. The first-order valence-electron chi connectivity index (χ1n) is 6.93. The van der Waals surface area contributed by atoms with Crippen LogP contribution in [-0.4, -0.2) is 40.0 Å². The molecule has 2 aromatic heterocycles. The molecule has 1 atom stereocenters. The van der Waals surface area contributed by atoms with Gasteiger partial charge in [0.05, 0.1) is 16.0 Å². The lowest BCUT2D eigenvalue weighted by molar-refractivity contribution is -0.147. The number of hydrogen-bond donors (Lipinski definition) is 1. The molecule has 3 rings (SSSR count). The van der Waals surface area contributed by atoms with Crippen LogP contribution in [0.2, 0.25) is 0 Å². The van der Waals surface area contributed by atoms with Crippen molar-refractivity contribution in [3.8, 4) is 11.5 Å². The maximum absolute atomic E-state index is 12.5. The number of thiazole rings is 1. The monoisotopic (exact) mass is 320 g/mol. The summed E-state index contributed by atoms with van der Waals surface area (Å²) in [5, 5.41) is 12.0. The van der Waals surface area contributed by atoms with Gasteiger partial charge in [0.15, 0.2) is 5.76 Å². The van der Waals surface area contributed by atoms with E-state index in [2.05, 4.69) is 4.98 Å². The van der Waals surface area contributed by atoms with E-state index in [1.165, 1.54) is 17.6 Å². The number of aromatic nitrogens is 1. The van der Waals surface area contributed by atoms with Crippen molar-refractivity contribution in [2.24, 2.45) is 5.41 Å². The van der Waals surface area contributed by atoms with Gasteiger partial charge in [-0.25, -0.2) is 4.98 Å². The van der Waals surface area contributed by atoms with Gasteiger partial charge in [0, 0.05) is 18.5 Å². The third-order valence-electron chi connectivity index (χ3n) is 3.99. The molecule has 1 aliphatic rings. The minimum Gasteiger partial charge on any atom is -0.481 e. The summed E-state index contributed by atoms with van der Waals surface area (Å²) in [5.74, 6) is -0.520. The van der Waals surface area contributed by atoms with Crippen molar-refractivity contribution < 1.29 is 19.1 Å². The highest BCUT2D eigenvalue weighted by Gasteiger charge is 2.42. The van der Waals surface area contributed by atoms with Gasteiger partial charge in [0.25, 0.3) is 5.91 Å². The highest BCUT2D eigenvalue weighted by molar-refractivity contribution is 7.09. The number of aryl methyl sites for hydroxylation is 1. The number of likely N-dealkylation sites (tertiary alicyclic amines) is 1. The Balaban J connectivity index is 1.77. The Kier molecular flexibility index (Phi) is 3.52. The summed E-state index contributed by atoms with van der Waals surface area (Å²) in [6.07, 6.45) is 1.87. The number of furan rings is 1. The SMILES string of the molecule is Cc1nc(-c2cc(C(=O)N3CC[C@](C)(C(=O)O)C3)co2)cs1. The summed E-state index contributed by atoms with van der Waals surface area (Å²) in [6.45, 7) is 4.23. The molecule has 1 N–H and O–H groups in total. The molecule has 2 aromatic rings. The van der Waals surface area contributed by atoms with E-state index in [4.69, 9.17) is 4.42 Å². The van der Waals surface area contributed by atoms with Gasteiger partial charge in [-0.1, -0.05) is 0 Å². The average Bonchev–Trinajstić information content (AvgIpc) is 3.17. The lowest BCUT2D eigenvalue weighted by Gasteiger charge is -2.19. The number of carbonyl (C=O) groups is 2. The molecule has 7 heteroatoms. The van der Waals surface area contributed by atoms with E-state index < -0.39 is 11.4 Å². The summed E-state index contributed by atoms with van der Waals surface area (Å²) in [7, 11) is 0. The molecule has 0 aromatic carbocycles. The fourth-order valence-corrected chi connectivity index (χ4v) is 3.15. The average molecular weight is 320 g/mol. The van der Waals surface area contributed by atoms with Gasteiger partial charge in [0.1, 0.15) is 12.0 Å². The first kappa shape index (κ1) is 14.8. The minimum atomic E-state index is -0.867. The summed E-state index contributed by atoms with van der Waals surface area (Å²) < 4.78 is 5.42. The van der Waals surface area contributed by atoms with Crippen LogP contribution in [0.4, 0.5) is 0 Å². The first-order chi connectivity index (χ1) is 10.4. The van der Waals surface area contributed by atoms with Crippen molar-refractivity contribution in [1.82, 2.24) is 9.88 Å². The number of carboxylic acids is 1. The predicted molar refractivity (Wildman–Crippen MR) is 80.8 cm³/mol. The Hall–Kier alpha value is -2.15. The summed E-state index contributed by atoms with van der Waals surface area (Å²) in [5.41, 5.74) is 0.266. The Labute approximate surface area is 131 Å². The van der Waals surface area contributed by atoms with Gasteiger partial charge >= 0.3 is 5.97 Å². The number of rotatable bonds is 3. The van der Waals surface area contributed by atoms with Gasteiger partial charge in [-0.15, -0.1) is 11.3 Å². The van der Waals surface area contributed by atoms with E-state index in [1.807, 2.05) is 12.3 Å². The molecule has 0 saturated carbocycles. The third-order valence-corrected chi connectivity index (χ3v) is 4.77. The molecule has 1 fully saturated rings. The van der Waals surface area contributed by atoms with Crippen molar-refractivity contribution >= 4 is 23.2 Å². The molecule has 22 heavy (non-hydrogen) atoms. The third kappa shape index (κ3) is 2.52. The van der Waals surface area contributed by atoms with Gasteiger partial charge in [-0.2, -0.15) is 0 Å². The number of carboxylic acid groups (broad SMARTS) is 1. The summed E-state index contributed by atoms with van der Waals surface area (Å²) in [6, 6.07) is 1.66. The van der Waals surface area contributed by atoms with E-state index in [-0.39, 0.29) is 12.5 Å². The zero-order valence-electron chi connectivity index (χ0n) is 12.3. The normalized spacial score (nSPS) is 21.3. The predicted octanol–water partition coefficient (Wildman–Crippen LogP) is 2.65. The molecule has 1 aliphatic heterocycles. The number of carbonyl (C=O) groups excluding carboxylic acids is 1. The Morgan fingerprint density at radius 2 is 2.27 bits per heavy atom. The lowest BCUT2D eigenvalue weighted by atomic mass is 9.90. The topological polar surface area (TPSA) is 83.6 Å². The van der Waals surface area contributed by atoms with E-state index in [1.54, 1.807) is 17.9 Å². The molecule has 0 aliphatic carbocycles. The van der Waals surface area contributed by atoms with Crippen molar-refractivity contribution in [2.45, 2.75) is 20.3 Å². The maximum atomic E-state index is 12.5. The van der Waals surface area contributed by atoms with E-state index >= 15 is 0 Å². The van der Waals surface area contributed by atoms with Crippen LogP contribution in [-0.2, 0) is 4.79 Å². The zero-order chi connectivity index (χ0) is 15.9. The van der Waals surface area contributed by atoms with Crippen LogP contribution >= 0.6 is 11.3 Å². The second-order valence-electron chi connectivity index (χ2n) is 5.79. The van der Waals surface area contributed by atoms with Crippen LogP contribution in [0.5, 0.6) is 0 Å². The van der Waals surface area contributed by atoms with Crippen LogP contribution < -0.4 is 0 Å². The van der Waals surface area contributed by atoms with Crippen LogP contribution in [0.15, 0.2) is 22.1 Å². The highest BCUT2D eigenvalue weighted by atomic mass is 32.1.